The molecule has 11 heteroatoms. The number of anilines is 3. The van der Waals surface area contributed by atoms with Crippen LogP contribution in [0.3, 0.4) is 0 Å². The molecule has 2 aliphatic rings. The number of aromatic nitrogens is 2. The van der Waals surface area contributed by atoms with E-state index in [2.05, 4.69) is 20.6 Å². The monoisotopic (exact) mass is 457 g/mol. The Balaban J connectivity index is 1.54. The summed E-state index contributed by atoms with van der Waals surface area (Å²) in [5.41, 5.74) is -0.270. The highest BCUT2D eigenvalue weighted by molar-refractivity contribution is 6.04. The van der Waals surface area contributed by atoms with E-state index in [1.165, 1.54) is 18.2 Å². The van der Waals surface area contributed by atoms with Crippen LogP contribution in [-0.2, 0) is 19.1 Å². The lowest BCUT2D eigenvalue weighted by molar-refractivity contribution is -0.148. The second kappa shape index (κ2) is 9.39. The van der Waals surface area contributed by atoms with Gasteiger partial charge in [0.15, 0.2) is 0 Å². The number of nitrogens with zero attached hydrogens (tertiary/aromatic N) is 2. The maximum absolute atomic E-state index is 13.4. The van der Waals surface area contributed by atoms with Gasteiger partial charge in [0.1, 0.15) is 11.6 Å². The predicted molar refractivity (Wildman–Crippen MR) is 117 cm³/mol. The van der Waals surface area contributed by atoms with Crippen molar-refractivity contribution in [2.24, 2.45) is 5.92 Å². The third-order valence-electron chi connectivity index (χ3n) is 5.76. The molecule has 1 fully saturated rings. The molecule has 3 heterocycles. The number of carbonyl (C=O) groups excluding carboxylic acids is 3. The molecule has 0 radical (unpaired) electrons. The number of nitrogens with one attached hydrogen (secondary N) is 3. The zero-order chi connectivity index (χ0) is 23.5. The number of esters is 1. The molecular formula is C22H24FN5O5. The lowest BCUT2D eigenvalue weighted by Gasteiger charge is -2.32. The van der Waals surface area contributed by atoms with Crippen molar-refractivity contribution < 1.29 is 23.5 Å². The topological polar surface area (TPSA) is 133 Å². The smallest absolute Gasteiger partial charge is 0.309 e. The van der Waals surface area contributed by atoms with Gasteiger partial charge in [0.25, 0.3) is 5.56 Å². The predicted octanol–water partition coefficient (Wildman–Crippen LogP) is 1.75. The van der Waals surface area contributed by atoms with Crippen molar-refractivity contribution in [3.05, 3.63) is 46.0 Å². The molecular weight excluding hydrogens is 433 g/mol. The lowest BCUT2D eigenvalue weighted by atomic mass is 9.92. The zero-order valence-electron chi connectivity index (χ0n) is 18.0. The third kappa shape index (κ3) is 4.86. The second-order valence-electron chi connectivity index (χ2n) is 7.97. The molecule has 1 atom stereocenters. The Morgan fingerprint density at radius 1 is 1.27 bits per heavy atom. The Bertz CT molecular complexity index is 1140. The molecule has 0 spiro atoms. The minimum Gasteiger partial charge on any atom is -0.466 e. The fourth-order valence-corrected chi connectivity index (χ4v) is 4.12. The van der Waals surface area contributed by atoms with E-state index in [1.807, 2.05) is 4.90 Å². The van der Waals surface area contributed by atoms with Gasteiger partial charge in [-0.25, -0.2) is 4.39 Å². The maximum atomic E-state index is 13.4. The number of hydrogen-bond donors (Lipinski definition) is 3. The Kier molecular flexibility index (Phi) is 6.38. The zero-order valence-corrected chi connectivity index (χ0v) is 18.0. The lowest BCUT2D eigenvalue weighted by Crippen LogP contribution is -2.41. The third-order valence-corrected chi connectivity index (χ3v) is 5.76. The molecule has 1 saturated heterocycles. The molecule has 174 valence electrons. The number of carbonyl (C=O) groups is 3. The van der Waals surface area contributed by atoms with E-state index in [-0.39, 0.29) is 41.3 Å². The van der Waals surface area contributed by atoms with E-state index >= 15 is 0 Å². The Labute approximate surface area is 188 Å². The van der Waals surface area contributed by atoms with Gasteiger partial charge in [-0.15, -0.1) is 0 Å². The quantitative estimate of drug-likeness (QED) is 0.583. The van der Waals surface area contributed by atoms with Crippen LogP contribution in [0.25, 0.3) is 0 Å². The Morgan fingerprint density at radius 2 is 2.03 bits per heavy atom. The number of hydrogen-bond acceptors (Lipinski definition) is 7. The SMILES string of the molecule is CCOC(=O)C1CCN(c2nc3c(c(=O)[nH]2)[C@H](C(=O)Nc2cccc(F)c2)CC(=O)N3)CC1. The molecule has 3 N–H and O–H groups in total. The van der Waals surface area contributed by atoms with Gasteiger partial charge in [0.2, 0.25) is 17.8 Å². The van der Waals surface area contributed by atoms with Gasteiger partial charge >= 0.3 is 5.97 Å². The molecule has 2 amide bonds. The maximum Gasteiger partial charge on any atom is 0.309 e. The number of halogens is 1. The first-order valence-electron chi connectivity index (χ1n) is 10.8. The number of benzene rings is 1. The van der Waals surface area contributed by atoms with Crippen LogP contribution in [-0.4, -0.2) is 47.4 Å². The number of ether oxygens (including phenoxy) is 1. The Morgan fingerprint density at radius 3 is 2.73 bits per heavy atom. The minimum atomic E-state index is -1.07. The number of aromatic amines is 1. The van der Waals surface area contributed by atoms with E-state index in [1.54, 1.807) is 6.92 Å². The fourth-order valence-electron chi connectivity index (χ4n) is 4.12. The van der Waals surface area contributed by atoms with Crippen LogP contribution in [0.1, 0.15) is 37.7 Å². The van der Waals surface area contributed by atoms with Crippen molar-refractivity contribution in [1.82, 2.24) is 9.97 Å². The summed E-state index contributed by atoms with van der Waals surface area (Å²) in [7, 11) is 0. The van der Waals surface area contributed by atoms with Crippen LogP contribution < -0.4 is 21.1 Å². The van der Waals surface area contributed by atoms with Gasteiger partial charge in [-0.1, -0.05) is 6.07 Å². The van der Waals surface area contributed by atoms with Crippen LogP contribution in [0.4, 0.5) is 21.8 Å². The van der Waals surface area contributed by atoms with Crippen LogP contribution in [0, 0.1) is 11.7 Å². The molecule has 0 bridgehead atoms. The van der Waals surface area contributed by atoms with Crippen LogP contribution in [0.5, 0.6) is 0 Å². The van der Waals surface area contributed by atoms with Gasteiger partial charge in [-0.2, -0.15) is 4.98 Å². The summed E-state index contributed by atoms with van der Waals surface area (Å²) in [5, 5.41) is 5.12. The molecule has 1 aromatic heterocycles. The standard InChI is InChI=1S/C22H24FN5O5/c1-2-33-21(32)12-6-8-28(9-7-12)22-26-18-17(20(31)27-22)15(11-16(29)25-18)19(30)24-14-5-3-4-13(23)10-14/h3-5,10,12,15H,2,6-9,11H2,1H3,(H,24,30)(H2,25,26,27,29,31)/t15-/m1/s1. The van der Waals surface area contributed by atoms with E-state index in [0.29, 0.717) is 32.5 Å². The van der Waals surface area contributed by atoms with E-state index < -0.39 is 29.1 Å². The van der Waals surface area contributed by atoms with Gasteiger partial charge in [-0.3, -0.25) is 24.2 Å². The summed E-state index contributed by atoms with van der Waals surface area (Å²) < 4.78 is 18.5. The summed E-state index contributed by atoms with van der Waals surface area (Å²) in [6, 6.07) is 5.34. The summed E-state index contributed by atoms with van der Waals surface area (Å²) in [6.07, 6.45) is 0.860. The Hall–Kier alpha value is -3.76. The molecule has 1 aromatic carbocycles. The molecule has 0 saturated carbocycles. The number of rotatable bonds is 5. The fraction of sp³-hybridized carbons (Fsp3) is 0.409. The summed E-state index contributed by atoms with van der Waals surface area (Å²) in [5.74, 6) is -2.81. The summed E-state index contributed by atoms with van der Waals surface area (Å²) in [6.45, 7) is 3.03. The van der Waals surface area contributed by atoms with Gasteiger partial charge < -0.3 is 20.3 Å². The van der Waals surface area contributed by atoms with Gasteiger partial charge in [0.05, 0.1) is 24.0 Å². The second-order valence-corrected chi connectivity index (χ2v) is 7.97. The van der Waals surface area contributed by atoms with Crippen molar-refractivity contribution in [1.29, 1.82) is 0 Å². The van der Waals surface area contributed by atoms with Crippen LogP contribution >= 0.6 is 0 Å². The molecule has 0 aliphatic carbocycles. The first-order chi connectivity index (χ1) is 15.9. The molecule has 2 aromatic rings. The minimum absolute atomic E-state index is 0.0249. The normalized spacial score (nSPS) is 18.3. The van der Waals surface area contributed by atoms with Gasteiger partial charge in [-0.05, 0) is 38.0 Å². The molecule has 0 unspecified atom stereocenters. The van der Waals surface area contributed by atoms with Crippen molar-refractivity contribution in [2.45, 2.75) is 32.1 Å². The highest BCUT2D eigenvalue weighted by Gasteiger charge is 2.36. The van der Waals surface area contributed by atoms with Crippen molar-refractivity contribution in [3.8, 4) is 0 Å². The van der Waals surface area contributed by atoms with Crippen molar-refractivity contribution in [2.75, 3.05) is 35.2 Å². The number of piperidine rings is 1. The van der Waals surface area contributed by atoms with Crippen LogP contribution in [0.2, 0.25) is 0 Å². The van der Waals surface area contributed by atoms with Crippen LogP contribution in [0.15, 0.2) is 29.1 Å². The molecule has 10 nitrogen and oxygen atoms in total. The molecule has 2 aliphatic heterocycles. The first-order valence-corrected chi connectivity index (χ1v) is 10.8. The van der Waals surface area contributed by atoms with Crippen molar-refractivity contribution in [3.63, 3.8) is 0 Å². The van der Waals surface area contributed by atoms with E-state index in [0.717, 1.165) is 6.07 Å². The van der Waals surface area contributed by atoms with E-state index in [9.17, 15) is 23.6 Å². The van der Waals surface area contributed by atoms with Crippen molar-refractivity contribution >= 4 is 35.2 Å². The van der Waals surface area contributed by atoms with Gasteiger partial charge in [0, 0.05) is 25.2 Å². The summed E-state index contributed by atoms with van der Waals surface area (Å²) >= 11 is 0. The number of amides is 2. The molecule has 33 heavy (non-hydrogen) atoms. The largest absolute Gasteiger partial charge is 0.466 e. The first kappa shape index (κ1) is 22.4. The average Bonchev–Trinajstić information content (AvgIpc) is 2.78. The number of fused-ring (bicyclic) bond motifs is 1. The average molecular weight is 457 g/mol. The van der Waals surface area contributed by atoms with E-state index in [4.69, 9.17) is 4.74 Å². The summed E-state index contributed by atoms with van der Waals surface area (Å²) in [4.78, 5) is 58.9. The highest BCUT2D eigenvalue weighted by Crippen LogP contribution is 2.31. The highest BCUT2D eigenvalue weighted by atomic mass is 19.1. The molecule has 4 rings (SSSR count). The number of H-pyrrole nitrogens is 1.